The van der Waals surface area contributed by atoms with Crippen LogP contribution in [0, 0.1) is 0 Å². The predicted octanol–water partition coefficient (Wildman–Crippen LogP) is 4.26. The molecule has 24 heavy (non-hydrogen) atoms. The molecule has 0 bridgehead atoms. The van der Waals surface area contributed by atoms with Gasteiger partial charge in [0.15, 0.2) is 0 Å². The van der Waals surface area contributed by atoms with Crippen LogP contribution in [0.1, 0.15) is 36.4 Å². The topological polar surface area (TPSA) is 61.4 Å². The predicted molar refractivity (Wildman–Crippen MR) is 89.1 cm³/mol. The van der Waals surface area contributed by atoms with Gasteiger partial charge in [0.2, 0.25) is 0 Å². The maximum Gasteiger partial charge on any atom is 0.319 e. The molecule has 0 aliphatic heterocycles. The quantitative estimate of drug-likeness (QED) is 0.708. The molecule has 0 aromatic heterocycles. The lowest BCUT2D eigenvalue weighted by Gasteiger charge is -2.19. The summed E-state index contributed by atoms with van der Waals surface area (Å²) >= 11 is 0. The van der Waals surface area contributed by atoms with Gasteiger partial charge in [-0.2, -0.15) is 0 Å². The summed E-state index contributed by atoms with van der Waals surface area (Å²) in [6, 6.07) is 14.2. The largest absolute Gasteiger partial charge is 0.396 e. The summed E-state index contributed by atoms with van der Waals surface area (Å²) in [5, 5.41) is 14.4. The summed E-state index contributed by atoms with van der Waals surface area (Å²) in [6.45, 7) is 0.0308. The maximum absolute atomic E-state index is 12.7. The van der Waals surface area contributed by atoms with E-state index in [-0.39, 0.29) is 18.2 Å². The highest BCUT2D eigenvalue weighted by Gasteiger charge is 2.15. The number of nitrogens with one attached hydrogen (secondary N) is 2. The zero-order valence-corrected chi connectivity index (χ0v) is 13.1. The first-order chi connectivity index (χ1) is 11.6. The number of benzene rings is 2. The van der Waals surface area contributed by atoms with Crippen molar-refractivity contribution in [1.29, 1.82) is 0 Å². The molecule has 6 heteroatoms. The Balaban J connectivity index is 2.03. The van der Waals surface area contributed by atoms with Crippen LogP contribution in [-0.4, -0.2) is 17.7 Å². The highest BCUT2D eigenvalue weighted by atomic mass is 19.3. The van der Waals surface area contributed by atoms with Gasteiger partial charge in [0.1, 0.15) is 0 Å². The first-order valence-electron chi connectivity index (χ1n) is 7.71. The van der Waals surface area contributed by atoms with Gasteiger partial charge in [0, 0.05) is 17.9 Å². The Labute approximate surface area is 139 Å². The highest BCUT2D eigenvalue weighted by Crippen LogP contribution is 2.22. The summed E-state index contributed by atoms with van der Waals surface area (Å²) in [6.07, 6.45) is -1.47. The van der Waals surface area contributed by atoms with Crippen molar-refractivity contribution in [3.63, 3.8) is 0 Å². The third-order valence-corrected chi connectivity index (χ3v) is 3.55. The van der Waals surface area contributed by atoms with Crippen molar-refractivity contribution in [2.24, 2.45) is 0 Å². The Morgan fingerprint density at radius 2 is 1.75 bits per heavy atom. The molecule has 2 aromatic rings. The number of urea groups is 1. The zero-order valence-electron chi connectivity index (χ0n) is 13.1. The number of hydrogen-bond donors (Lipinski definition) is 3. The standard InChI is InChI=1S/C18H20F2N2O2/c19-17(20)14-8-4-9-15(12-14)21-18(24)22-16(10-5-11-23)13-6-2-1-3-7-13/h1-4,6-9,12,16-17,23H,5,10-11H2,(H2,21,22,24)/t16-/m1/s1. The summed E-state index contributed by atoms with van der Waals surface area (Å²) in [7, 11) is 0. The molecule has 128 valence electrons. The highest BCUT2D eigenvalue weighted by molar-refractivity contribution is 5.89. The number of halogens is 2. The van der Waals surface area contributed by atoms with Crippen molar-refractivity contribution in [3.8, 4) is 0 Å². The van der Waals surface area contributed by atoms with E-state index in [9.17, 15) is 13.6 Å². The van der Waals surface area contributed by atoms with E-state index in [1.807, 2.05) is 30.3 Å². The number of carbonyl (C=O) groups is 1. The van der Waals surface area contributed by atoms with Gasteiger partial charge in [0.25, 0.3) is 6.43 Å². The number of hydrogen-bond acceptors (Lipinski definition) is 2. The Bertz CT molecular complexity index is 650. The van der Waals surface area contributed by atoms with Gasteiger partial charge in [-0.3, -0.25) is 0 Å². The molecule has 0 saturated carbocycles. The molecule has 2 rings (SSSR count). The molecule has 2 aromatic carbocycles. The van der Waals surface area contributed by atoms with Gasteiger partial charge in [-0.05, 0) is 30.5 Å². The summed E-state index contributed by atoms with van der Waals surface area (Å²) in [5.41, 5.74) is 1.08. The smallest absolute Gasteiger partial charge is 0.319 e. The zero-order chi connectivity index (χ0) is 17.4. The molecule has 3 N–H and O–H groups in total. The fraction of sp³-hybridized carbons (Fsp3) is 0.278. The summed E-state index contributed by atoms with van der Waals surface area (Å²) < 4.78 is 25.4. The van der Waals surface area contributed by atoms with E-state index in [2.05, 4.69) is 10.6 Å². The van der Waals surface area contributed by atoms with Gasteiger partial charge < -0.3 is 15.7 Å². The SMILES string of the molecule is O=C(Nc1cccc(C(F)F)c1)N[C@H](CCCO)c1ccccc1. The molecule has 0 saturated heterocycles. The van der Waals surface area contributed by atoms with Gasteiger partial charge in [-0.1, -0.05) is 42.5 Å². The molecule has 1 atom stereocenters. The lowest BCUT2D eigenvalue weighted by molar-refractivity contribution is 0.151. The Kier molecular flexibility index (Phi) is 6.69. The normalized spacial score (nSPS) is 12.0. The number of aliphatic hydroxyl groups is 1. The van der Waals surface area contributed by atoms with Crippen LogP contribution < -0.4 is 10.6 Å². The number of anilines is 1. The number of rotatable bonds is 7. The van der Waals surface area contributed by atoms with E-state index >= 15 is 0 Å². The van der Waals surface area contributed by atoms with Crippen LogP contribution in [0.25, 0.3) is 0 Å². The molecule has 0 heterocycles. The minimum atomic E-state index is -2.59. The summed E-state index contributed by atoms with van der Waals surface area (Å²) in [5.74, 6) is 0. The third-order valence-electron chi connectivity index (χ3n) is 3.55. The average Bonchev–Trinajstić information content (AvgIpc) is 2.59. The molecule has 4 nitrogen and oxygen atoms in total. The third kappa shape index (κ3) is 5.31. The molecular formula is C18H20F2N2O2. The van der Waals surface area contributed by atoms with E-state index < -0.39 is 12.5 Å². The van der Waals surface area contributed by atoms with Crippen LogP contribution >= 0.6 is 0 Å². The minimum Gasteiger partial charge on any atom is -0.396 e. The summed E-state index contributed by atoms with van der Waals surface area (Å²) in [4.78, 5) is 12.2. The van der Waals surface area contributed by atoms with Gasteiger partial charge in [0.05, 0.1) is 6.04 Å². The first-order valence-corrected chi connectivity index (χ1v) is 7.71. The second kappa shape index (κ2) is 8.98. The molecule has 2 amide bonds. The molecule has 0 aliphatic carbocycles. The Hall–Kier alpha value is -2.47. The number of carbonyl (C=O) groups excluding carboxylic acids is 1. The van der Waals surface area contributed by atoms with Crippen LogP contribution in [0.2, 0.25) is 0 Å². The van der Waals surface area contributed by atoms with Crippen molar-refractivity contribution >= 4 is 11.7 Å². The van der Waals surface area contributed by atoms with E-state index in [1.165, 1.54) is 18.2 Å². The fourth-order valence-electron chi connectivity index (χ4n) is 2.38. The fourth-order valence-corrected chi connectivity index (χ4v) is 2.38. The lowest BCUT2D eigenvalue weighted by Crippen LogP contribution is -2.32. The van der Waals surface area contributed by atoms with E-state index in [0.717, 1.165) is 5.56 Å². The molecular weight excluding hydrogens is 314 g/mol. The molecule has 0 aliphatic rings. The maximum atomic E-state index is 12.7. The van der Waals surface area contributed by atoms with Crippen LogP contribution in [-0.2, 0) is 0 Å². The van der Waals surface area contributed by atoms with Crippen LogP contribution in [0.5, 0.6) is 0 Å². The molecule has 0 spiro atoms. The Morgan fingerprint density at radius 1 is 1.04 bits per heavy atom. The van der Waals surface area contributed by atoms with Crippen LogP contribution in [0.4, 0.5) is 19.3 Å². The minimum absolute atomic E-state index is 0.0308. The van der Waals surface area contributed by atoms with Crippen LogP contribution in [0.3, 0.4) is 0 Å². The van der Waals surface area contributed by atoms with Crippen molar-refractivity contribution in [1.82, 2.24) is 5.32 Å². The Morgan fingerprint density at radius 3 is 2.42 bits per heavy atom. The monoisotopic (exact) mass is 334 g/mol. The first kappa shape index (κ1) is 17.9. The lowest BCUT2D eigenvalue weighted by atomic mass is 10.0. The second-order valence-corrected chi connectivity index (χ2v) is 5.35. The van der Waals surface area contributed by atoms with Crippen LogP contribution in [0.15, 0.2) is 54.6 Å². The molecule has 0 fully saturated rings. The molecule has 0 radical (unpaired) electrons. The van der Waals surface area contributed by atoms with Crippen molar-refractivity contribution in [2.45, 2.75) is 25.3 Å². The van der Waals surface area contributed by atoms with Crippen molar-refractivity contribution in [2.75, 3.05) is 11.9 Å². The van der Waals surface area contributed by atoms with E-state index in [0.29, 0.717) is 18.5 Å². The number of aliphatic hydroxyl groups excluding tert-OH is 1. The second-order valence-electron chi connectivity index (χ2n) is 5.35. The van der Waals surface area contributed by atoms with Gasteiger partial charge in [-0.25, -0.2) is 13.6 Å². The van der Waals surface area contributed by atoms with E-state index in [1.54, 1.807) is 6.07 Å². The average molecular weight is 334 g/mol. The number of alkyl halides is 2. The number of amides is 2. The van der Waals surface area contributed by atoms with E-state index in [4.69, 9.17) is 5.11 Å². The van der Waals surface area contributed by atoms with Crippen molar-refractivity contribution in [3.05, 3.63) is 65.7 Å². The van der Waals surface area contributed by atoms with Gasteiger partial charge >= 0.3 is 6.03 Å². The van der Waals surface area contributed by atoms with Gasteiger partial charge in [-0.15, -0.1) is 0 Å². The molecule has 0 unspecified atom stereocenters. The van der Waals surface area contributed by atoms with Crippen molar-refractivity contribution < 1.29 is 18.7 Å².